The molecule has 0 fully saturated rings. The molecule has 82 valence electrons. The first-order valence-electron chi connectivity index (χ1n) is 4.55. The summed E-state index contributed by atoms with van der Waals surface area (Å²) in [6, 6.07) is 3.27. The van der Waals surface area contributed by atoms with Gasteiger partial charge in [-0.1, -0.05) is 12.1 Å². The molecule has 0 saturated heterocycles. The minimum atomic E-state index is -4.37. The monoisotopic (exact) mass is 255 g/mol. The van der Waals surface area contributed by atoms with E-state index >= 15 is 0 Å². The number of fused-ring (bicyclic) bond motifs is 1. The summed E-state index contributed by atoms with van der Waals surface area (Å²) >= 11 is 0. The first-order chi connectivity index (χ1) is 6.98. The smallest absolute Gasteiger partial charge is 0.684 e. The van der Waals surface area contributed by atoms with Crippen molar-refractivity contribution < 1.29 is 69.7 Å². The van der Waals surface area contributed by atoms with Crippen LogP contribution in [0.3, 0.4) is 0 Å². The number of benzene rings is 1. The van der Waals surface area contributed by atoms with E-state index in [-0.39, 0.29) is 56.9 Å². The second-order valence-corrected chi connectivity index (χ2v) is 3.46. The third kappa shape index (κ3) is 2.99. The second-order valence-electron chi connectivity index (χ2n) is 3.46. The van der Waals surface area contributed by atoms with Gasteiger partial charge in [-0.3, -0.25) is 0 Å². The number of aliphatic hydroxyl groups is 1. The van der Waals surface area contributed by atoms with E-state index in [9.17, 15) is 18.3 Å². The third-order valence-corrected chi connectivity index (χ3v) is 2.40. The Labute approximate surface area is 134 Å². The number of halogens is 3. The maximum atomic E-state index is 12.4. The van der Waals surface area contributed by atoms with Gasteiger partial charge in [0.2, 0.25) is 0 Å². The molecule has 0 saturated carbocycles. The second kappa shape index (κ2) is 5.37. The number of hydrogen-bond donors (Lipinski definition) is 1. The Morgan fingerprint density at radius 1 is 1.31 bits per heavy atom. The maximum absolute atomic E-state index is 12.4. The number of alkyl halides is 3. The summed E-state index contributed by atoms with van der Waals surface area (Å²) in [5.41, 5.74) is -0.00442. The van der Waals surface area contributed by atoms with Crippen LogP contribution >= 0.6 is 0 Å². The van der Waals surface area contributed by atoms with Gasteiger partial charge in [0, 0.05) is 0 Å². The molecule has 0 amide bonds. The minimum Gasteiger partial charge on any atom is -0.684 e. The molecular weight excluding hydrogens is 246 g/mol. The molecule has 1 aliphatic heterocycles. The van der Waals surface area contributed by atoms with E-state index in [4.69, 9.17) is 0 Å². The zero-order valence-electron chi connectivity index (χ0n) is 8.75. The van der Waals surface area contributed by atoms with Crippen molar-refractivity contribution in [2.45, 2.75) is 18.7 Å². The van der Waals surface area contributed by atoms with Crippen LogP contribution in [0.1, 0.15) is 23.7 Å². The molecule has 16 heavy (non-hydrogen) atoms. The fraction of sp³-hybridized carbons (Fsp3) is 0.400. The number of rotatable bonds is 0. The van der Waals surface area contributed by atoms with Crippen molar-refractivity contribution in [2.75, 3.05) is 6.54 Å². The molecule has 1 N–H and O–H groups in total. The van der Waals surface area contributed by atoms with Crippen molar-refractivity contribution >= 4 is 5.69 Å². The molecule has 0 radical (unpaired) electrons. The van der Waals surface area contributed by atoms with Crippen molar-refractivity contribution in [2.24, 2.45) is 0 Å². The normalized spacial score (nSPS) is 19.4. The predicted octanol–water partition coefficient (Wildman–Crippen LogP) is 0.152. The van der Waals surface area contributed by atoms with E-state index in [0.717, 1.165) is 12.1 Å². The zero-order chi connectivity index (χ0) is 11.1. The Bertz CT molecular complexity index is 381. The summed E-state index contributed by atoms with van der Waals surface area (Å²) in [7, 11) is 0. The minimum absolute atomic E-state index is 0. The van der Waals surface area contributed by atoms with Crippen molar-refractivity contribution in [1.82, 2.24) is 0 Å². The third-order valence-electron chi connectivity index (χ3n) is 2.40. The Morgan fingerprint density at radius 2 is 2.00 bits per heavy atom. The van der Waals surface area contributed by atoms with E-state index < -0.39 is 17.8 Å². The van der Waals surface area contributed by atoms with Gasteiger partial charge in [0.1, 0.15) is 0 Å². The molecule has 1 unspecified atom stereocenters. The van der Waals surface area contributed by atoms with Crippen LogP contribution in [0.15, 0.2) is 18.2 Å². The first kappa shape index (κ1) is 14.5. The zero-order valence-corrected chi connectivity index (χ0v) is 11.9. The summed E-state index contributed by atoms with van der Waals surface area (Å²) in [6.45, 7) is 0.458. The van der Waals surface area contributed by atoms with Crippen LogP contribution in [0.2, 0.25) is 0 Å². The fourth-order valence-electron chi connectivity index (χ4n) is 1.60. The quantitative estimate of drug-likeness (QED) is 0.658. The van der Waals surface area contributed by atoms with Gasteiger partial charge in [0.25, 0.3) is 0 Å². The summed E-state index contributed by atoms with van der Waals surface area (Å²) in [6.07, 6.45) is -4.82. The first-order valence-corrected chi connectivity index (χ1v) is 4.55. The summed E-state index contributed by atoms with van der Waals surface area (Å²) in [5.74, 6) is 0. The molecule has 1 atom stereocenters. The molecule has 0 bridgehead atoms. The van der Waals surface area contributed by atoms with Gasteiger partial charge in [0.05, 0.1) is 11.7 Å². The van der Waals surface area contributed by atoms with Crippen LogP contribution in [0.4, 0.5) is 18.9 Å². The average Bonchev–Trinajstić information content (AvgIpc) is 2.16. The molecular formula is C10H9F3KNO. The molecule has 1 aliphatic rings. The molecule has 2 rings (SSSR count). The standard InChI is InChI=1S/C10H9F3NO.K/c11-10(12,13)6-1-2-8-7(5-6)9(15)3-4-14-8;/h1-2,5,9,15H,3-4H2;/q-1;+1. The molecule has 0 aliphatic carbocycles. The molecule has 1 heterocycles. The molecule has 6 heteroatoms. The van der Waals surface area contributed by atoms with Gasteiger partial charge in [-0.15, -0.1) is 12.2 Å². The molecule has 0 spiro atoms. The molecule has 1 aromatic carbocycles. The molecule has 1 aromatic rings. The Balaban J connectivity index is 0.00000128. The molecule has 2 nitrogen and oxygen atoms in total. The maximum Gasteiger partial charge on any atom is 1.00 e. The van der Waals surface area contributed by atoms with Gasteiger partial charge < -0.3 is 10.4 Å². The van der Waals surface area contributed by atoms with Crippen LogP contribution in [0, 0.1) is 0 Å². The van der Waals surface area contributed by atoms with E-state index in [1.807, 2.05) is 0 Å². The Hall–Kier alpha value is 0.406. The van der Waals surface area contributed by atoms with Crippen molar-refractivity contribution in [3.63, 3.8) is 0 Å². The van der Waals surface area contributed by atoms with Gasteiger partial charge in [-0.25, -0.2) is 0 Å². The number of aliphatic hydroxyl groups excluding tert-OH is 1. The van der Waals surface area contributed by atoms with Crippen LogP contribution in [-0.2, 0) is 6.18 Å². The van der Waals surface area contributed by atoms with Crippen molar-refractivity contribution in [3.05, 3.63) is 34.6 Å². The Morgan fingerprint density at radius 3 is 2.62 bits per heavy atom. The van der Waals surface area contributed by atoms with Crippen molar-refractivity contribution in [1.29, 1.82) is 0 Å². The van der Waals surface area contributed by atoms with Crippen molar-refractivity contribution in [3.8, 4) is 0 Å². The summed E-state index contributed by atoms with van der Waals surface area (Å²) in [4.78, 5) is 0. The van der Waals surface area contributed by atoms with E-state index in [0.29, 0.717) is 18.7 Å². The predicted molar refractivity (Wildman–Crippen MR) is 48.9 cm³/mol. The van der Waals surface area contributed by atoms with Crippen LogP contribution in [0.5, 0.6) is 0 Å². The number of nitrogens with zero attached hydrogens (tertiary/aromatic N) is 1. The van der Waals surface area contributed by atoms with E-state index in [1.165, 1.54) is 6.07 Å². The fourth-order valence-corrected chi connectivity index (χ4v) is 1.60. The van der Waals surface area contributed by atoms with E-state index in [2.05, 4.69) is 5.32 Å². The van der Waals surface area contributed by atoms with Gasteiger partial charge in [0.15, 0.2) is 0 Å². The summed E-state index contributed by atoms with van der Waals surface area (Å²) in [5, 5.41) is 13.6. The Kier molecular flexibility index (Phi) is 4.85. The van der Waals surface area contributed by atoms with Gasteiger partial charge in [-0.2, -0.15) is 13.2 Å². The summed E-state index contributed by atoms with van der Waals surface area (Å²) < 4.78 is 37.1. The topological polar surface area (TPSA) is 34.3 Å². The SMILES string of the molecule is OC1CC[N-]c2ccc(C(F)(F)F)cc21.[K+]. The van der Waals surface area contributed by atoms with Crippen LogP contribution in [0.25, 0.3) is 5.32 Å². The van der Waals surface area contributed by atoms with E-state index in [1.54, 1.807) is 0 Å². The largest absolute Gasteiger partial charge is 1.00 e. The van der Waals surface area contributed by atoms with Crippen LogP contribution in [-0.4, -0.2) is 11.7 Å². The molecule has 0 aromatic heterocycles. The van der Waals surface area contributed by atoms with Crippen LogP contribution < -0.4 is 51.4 Å². The average molecular weight is 255 g/mol. The number of hydrogen-bond acceptors (Lipinski definition) is 1. The van der Waals surface area contributed by atoms with Gasteiger partial charge >= 0.3 is 57.6 Å². The van der Waals surface area contributed by atoms with Gasteiger partial charge in [-0.05, 0) is 18.1 Å².